The van der Waals surface area contributed by atoms with Gasteiger partial charge in [0, 0.05) is 54.1 Å². The number of pyridine rings is 2. The molecule has 14 nitrogen and oxygen atoms in total. The standard InChI is InChI=1S/C22H14F7N5O.C20H24N6O2S/c23-14-3-6-16(7-4-14)34(9-1-2-15-5-8-19(30)33-32-15)20(35)11-18-17(22(27,28)29)10-13(12-31-18)21(24,25)26;1-13-12-28-10-9-26(13)17-11-16(20(5-6-20)29(2,21)27)24-19(25-17)15-4-8-23-18-14(15)3-7-22-18/h3-8,10,12H,9,11H2,(H2,30,33);3-4,7-8,11,13,21H,5-6,9-10,12H2,1-2H3,(H,22,23). The average molecular weight is 910 g/mol. The van der Waals surface area contributed by atoms with Gasteiger partial charge in [-0.15, -0.1) is 10.2 Å². The monoisotopic (exact) mass is 909 g/mol. The SMILES string of the molecule is CC1COCCN1c1cc(C2(S(C)(=N)=O)CC2)nc(-c2ccnc3[nH]ccc23)n1.Nc1ccc(C#CCN(C(=O)Cc2ncc(C(F)(F)F)cc2C(F)(F)F)c2ccc(F)cc2)nn1. The van der Waals surface area contributed by atoms with Crippen LogP contribution in [0.3, 0.4) is 0 Å². The topological polar surface area (TPSA) is 193 Å². The molecule has 1 saturated heterocycles. The van der Waals surface area contributed by atoms with Crippen LogP contribution < -0.4 is 15.5 Å². The number of hydrogen-bond donors (Lipinski definition) is 3. The van der Waals surface area contributed by atoms with Crippen LogP contribution in [0.15, 0.2) is 79.3 Å². The summed E-state index contributed by atoms with van der Waals surface area (Å²) in [5.41, 5.74) is 3.87. The van der Waals surface area contributed by atoms with Crippen LogP contribution in [0, 0.1) is 22.4 Å². The number of nitrogens with two attached hydrogens (primary N) is 1. The first-order valence-electron chi connectivity index (χ1n) is 19.4. The Hall–Kier alpha value is -6.73. The quantitative estimate of drug-likeness (QED) is 0.104. The summed E-state index contributed by atoms with van der Waals surface area (Å²) in [5, 5.41) is 8.25. The van der Waals surface area contributed by atoms with Crippen molar-refractivity contribution in [2.45, 2.75) is 49.3 Å². The van der Waals surface area contributed by atoms with E-state index in [4.69, 9.17) is 25.2 Å². The van der Waals surface area contributed by atoms with Gasteiger partial charge in [0.2, 0.25) is 5.91 Å². The van der Waals surface area contributed by atoms with E-state index < -0.39 is 61.8 Å². The molecule has 0 bridgehead atoms. The van der Waals surface area contributed by atoms with Crippen LogP contribution in [0.2, 0.25) is 0 Å². The van der Waals surface area contributed by atoms with Gasteiger partial charge in [-0.2, -0.15) is 26.3 Å². The number of morpholine rings is 1. The average Bonchev–Trinajstić information content (AvgIpc) is 3.94. The predicted molar refractivity (Wildman–Crippen MR) is 222 cm³/mol. The predicted octanol–water partition coefficient (Wildman–Crippen LogP) is 7.17. The number of H-pyrrole nitrogens is 1. The number of nitrogens with zero attached hydrogens (tertiary/aromatic N) is 8. The maximum Gasteiger partial charge on any atom is 0.418 e. The zero-order valence-corrected chi connectivity index (χ0v) is 34.8. The van der Waals surface area contributed by atoms with E-state index >= 15 is 0 Å². The molecule has 6 heterocycles. The maximum atomic E-state index is 13.4. The summed E-state index contributed by atoms with van der Waals surface area (Å²) in [6, 6.07) is 13.2. The third kappa shape index (κ3) is 10.0. The van der Waals surface area contributed by atoms with E-state index in [2.05, 4.69) is 48.8 Å². The number of nitrogen functional groups attached to an aromatic ring is 1. The number of halogens is 7. The van der Waals surface area contributed by atoms with E-state index in [0.717, 1.165) is 58.8 Å². The van der Waals surface area contributed by atoms with Gasteiger partial charge in [0.15, 0.2) is 5.82 Å². The molecule has 2 aliphatic rings. The number of nitrogens with one attached hydrogen (secondary N) is 2. The molecule has 1 aliphatic heterocycles. The highest BCUT2D eigenvalue weighted by Crippen LogP contribution is 2.53. The van der Waals surface area contributed by atoms with Crippen LogP contribution in [0.1, 0.15) is 48.0 Å². The van der Waals surface area contributed by atoms with Gasteiger partial charge in [-0.1, -0.05) is 5.92 Å². The van der Waals surface area contributed by atoms with Crippen molar-refractivity contribution in [1.29, 1.82) is 4.78 Å². The van der Waals surface area contributed by atoms with Gasteiger partial charge >= 0.3 is 12.4 Å². The van der Waals surface area contributed by atoms with Gasteiger partial charge in [0.25, 0.3) is 0 Å². The number of fused-ring (bicyclic) bond motifs is 1. The first-order chi connectivity index (χ1) is 30.2. The largest absolute Gasteiger partial charge is 0.418 e. The van der Waals surface area contributed by atoms with Gasteiger partial charge in [0.05, 0.1) is 69.2 Å². The van der Waals surface area contributed by atoms with E-state index in [1.165, 1.54) is 30.5 Å². The summed E-state index contributed by atoms with van der Waals surface area (Å²) in [6.45, 7) is 3.77. The van der Waals surface area contributed by atoms with Crippen LogP contribution in [0.4, 0.5) is 48.1 Å². The summed E-state index contributed by atoms with van der Waals surface area (Å²) in [4.78, 5) is 36.6. The molecule has 8 rings (SSSR count). The number of hydrogen-bond acceptors (Lipinski definition) is 12. The Morgan fingerprint density at radius 3 is 2.42 bits per heavy atom. The Balaban J connectivity index is 0.000000194. The molecule has 2 unspecified atom stereocenters. The maximum absolute atomic E-state index is 13.4. The number of carbonyl (C=O) groups excluding carboxylic acids is 1. The van der Waals surface area contributed by atoms with Crippen LogP contribution in [-0.4, -0.2) is 83.8 Å². The minimum Gasteiger partial charge on any atom is -0.382 e. The molecule has 334 valence electrons. The number of ether oxygens (including phenoxy) is 1. The zero-order valence-electron chi connectivity index (χ0n) is 34.0. The molecular weight excluding hydrogens is 872 g/mol. The van der Waals surface area contributed by atoms with Crippen molar-refractivity contribution in [3.8, 4) is 23.2 Å². The number of aromatic nitrogens is 7. The summed E-state index contributed by atoms with van der Waals surface area (Å²) in [5.74, 6) is 5.12. The summed E-state index contributed by atoms with van der Waals surface area (Å²) in [6.07, 6.45) is -4.48. The smallest absolute Gasteiger partial charge is 0.382 e. The number of carbonyl (C=O) groups is 1. The van der Waals surface area contributed by atoms with Crippen molar-refractivity contribution < 1.29 is 44.5 Å². The summed E-state index contributed by atoms with van der Waals surface area (Å²) in [7, 11) is -2.79. The number of anilines is 3. The van der Waals surface area contributed by atoms with Crippen molar-refractivity contribution >= 4 is 44.0 Å². The van der Waals surface area contributed by atoms with Crippen molar-refractivity contribution in [3.63, 3.8) is 0 Å². The third-order valence-electron chi connectivity index (χ3n) is 10.5. The molecular formula is C42H38F7N11O3S. The second-order valence-corrected chi connectivity index (χ2v) is 17.4. The van der Waals surface area contributed by atoms with E-state index in [-0.39, 0.29) is 42.0 Å². The second-order valence-electron chi connectivity index (χ2n) is 15.0. The molecule has 4 N–H and O–H groups in total. The number of rotatable bonds is 8. The van der Waals surface area contributed by atoms with Crippen LogP contribution in [0.5, 0.6) is 0 Å². The lowest BCUT2D eigenvalue weighted by Gasteiger charge is -2.35. The molecule has 0 spiro atoms. The van der Waals surface area contributed by atoms with Gasteiger partial charge in [-0.3, -0.25) is 14.6 Å². The molecule has 2 atom stereocenters. The Bertz CT molecular complexity index is 2840. The molecule has 64 heavy (non-hydrogen) atoms. The fourth-order valence-corrected chi connectivity index (χ4v) is 8.34. The van der Waals surface area contributed by atoms with Crippen LogP contribution >= 0.6 is 0 Å². The third-order valence-corrected chi connectivity index (χ3v) is 12.6. The van der Waals surface area contributed by atoms with Crippen molar-refractivity contribution in [3.05, 3.63) is 113 Å². The van der Waals surface area contributed by atoms with E-state index in [1.807, 2.05) is 24.4 Å². The first kappa shape index (κ1) is 45.3. The summed E-state index contributed by atoms with van der Waals surface area (Å²) < 4.78 is 118. The minimum absolute atomic E-state index is 0.0922. The van der Waals surface area contributed by atoms with Gasteiger partial charge in [0.1, 0.15) is 28.8 Å². The fourth-order valence-electron chi connectivity index (χ4n) is 6.95. The fraction of sp³-hybridized carbons (Fsp3) is 0.310. The Kier molecular flexibility index (Phi) is 12.6. The molecule has 2 fully saturated rings. The van der Waals surface area contributed by atoms with Gasteiger partial charge < -0.3 is 25.3 Å². The second kappa shape index (κ2) is 17.8. The van der Waals surface area contributed by atoms with E-state index in [9.17, 15) is 39.7 Å². The summed E-state index contributed by atoms with van der Waals surface area (Å²) >= 11 is 0. The lowest BCUT2D eigenvalue weighted by molar-refractivity contribution is -0.144. The number of amides is 1. The Labute approximate surface area is 361 Å². The Morgan fingerprint density at radius 2 is 1.78 bits per heavy atom. The van der Waals surface area contributed by atoms with Crippen molar-refractivity contribution in [1.82, 2.24) is 35.1 Å². The minimum atomic E-state index is -5.20. The van der Waals surface area contributed by atoms with E-state index in [0.29, 0.717) is 24.7 Å². The molecule has 1 amide bonds. The molecule has 6 aromatic rings. The molecule has 1 aliphatic carbocycles. The number of aromatic amines is 1. The molecule has 1 saturated carbocycles. The highest BCUT2D eigenvalue weighted by molar-refractivity contribution is 7.93. The van der Waals surface area contributed by atoms with Gasteiger partial charge in [-0.05, 0) is 80.3 Å². The lowest BCUT2D eigenvalue weighted by Crippen LogP contribution is -2.44. The highest BCUT2D eigenvalue weighted by atomic mass is 32.2. The highest BCUT2D eigenvalue weighted by Gasteiger charge is 2.53. The van der Waals surface area contributed by atoms with Crippen LogP contribution in [0.25, 0.3) is 22.4 Å². The Morgan fingerprint density at radius 1 is 1.03 bits per heavy atom. The van der Waals surface area contributed by atoms with Gasteiger partial charge in [-0.25, -0.2) is 23.6 Å². The molecule has 5 aromatic heterocycles. The molecule has 0 radical (unpaired) electrons. The number of benzene rings is 1. The van der Waals surface area contributed by atoms with Crippen molar-refractivity contribution in [2.75, 3.05) is 48.1 Å². The molecule has 1 aromatic carbocycles. The van der Waals surface area contributed by atoms with Crippen molar-refractivity contribution in [2.24, 2.45) is 0 Å². The van der Waals surface area contributed by atoms with Crippen LogP contribution in [-0.2, 0) is 42.8 Å². The first-order valence-corrected chi connectivity index (χ1v) is 21.4. The zero-order chi connectivity index (χ0) is 46.0. The molecule has 22 heteroatoms. The normalized spacial score (nSPS) is 16.8. The van der Waals surface area contributed by atoms with E-state index in [1.54, 1.807) is 6.20 Å². The number of alkyl halides is 6. The lowest BCUT2D eigenvalue weighted by atomic mass is 10.1.